The van der Waals surface area contributed by atoms with Crippen molar-refractivity contribution in [2.75, 3.05) is 45.8 Å². The Labute approximate surface area is 203 Å². The molecule has 6 nitrogen and oxygen atoms in total. The van der Waals surface area contributed by atoms with E-state index in [9.17, 15) is 0 Å². The maximum absolute atomic E-state index is 5.77. The van der Waals surface area contributed by atoms with Gasteiger partial charge >= 0.3 is 0 Å². The number of nitrogens with one attached hydrogen (secondary N) is 2. The maximum Gasteiger partial charge on any atom is 0.195 e. The summed E-state index contributed by atoms with van der Waals surface area (Å²) in [4.78, 5) is 6.85. The van der Waals surface area contributed by atoms with Crippen LogP contribution in [0.15, 0.2) is 53.5 Å². The van der Waals surface area contributed by atoms with Crippen molar-refractivity contribution in [1.29, 1.82) is 0 Å². The van der Waals surface area contributed by atoms with Crippen molar-refractivity contribution in [2.45, 2.75) is 32.4 Å². The van der Waals surface area contributed by atoms with Gasteiger partial charge < -0.3 is 20.1 Å². The van der Waals surface area contributed by atoms with Crippen LogP contribution >= 0.6 is 24.0 Å². The number of halogens is 1. The summed E-state index contributed by atoms with van der Waals surface area (Å²) in [6.45, 7) is 5.57. The fraction of sp³-hybridized carbons (Fsp3) is 0.458. The largest absolute Gasteiger partial charge is 0.493 e. The molecular weight excluding hydrogens is 503 g/mol. The Morgan fingerprint density at radius 2 is 1.77 bits per heavy atom. The van der Waals surface area contributed by atoms with Crippen LogP contribution in [0.4, 0.5) is 5.69 Å². The van der Waals surface area contributed by atoms with E-state index in [1.807, 2.05) is 24.3 Å². The van der Waals surface area contributed by atoms with Crippen LogP contribution in [-0.4, -0.2) is 51.3 Å². The third kappa shape index (κ3) is 9.04. The number of aliphatic imine (C=N–C) groups is 1. The highest BCUT2D eigenvalue weighted by Gasteiger charge is 2.11. The number of nitrogens with zero attached hydrogens (tertiary/aromatic N) is 2. The van der Waals surface area contributed by atoms with E-state index in [1.165, 1.54) is 37.1 Å². The minimum absolute atomic E-state index is 0. The van der Waals surface area contributed by atoms with Gasteiger partial charge in [0.1, 0.15) is 5.75 Å². The lowest BCUT2D eigenvalue weighted by Crippen LogP contribution is -2.30. The monoisotopic (exact) mass is 538 g/mol. The van der Waals surface area contributed by atoms with Gasteiger partial charge in [-0.25, -0.2) is 0 Å². The predicted octanol–water partition coefficient (Wildman–Crippen LogP) is 4.50. The Balaban J connectivity index is 0.00000341. The molecule has 2 N–H and O–H groups in total. The average Bonchev–Trinajstić information content (AvgIpc) is 3.28. The van der Waals surface area contributed by atoms with Gasteiger partial charge in [-0.05, 0) is 49.2 Å². The second kappa shape index (κ2) is 14.3. The zero-order valence-electron chi connectivity index (χ0n) is 18.6. The van der Waals surface area contributed by atoms with Gasteiger partial charge in [0, 0.05) is 52.0 Å². The van der Waals surface area contributed by atoms with Gasteiger partial charge in [-0.3, -0.25) is 9.89 Å². The van der Waals surface area contributed by atoms with E-state index >= 15 is 0 Å². The van der Waals surface area contributed by atoms with Crippen LogP contribution in [-0.2, 0) is 17.8 Å². The molecule has 0 aliphatic carbocycles. The Morgan fingerprint density at radius 3 is 2.48 bits per heavy atom. The molecule has 31 heavy (non-hydrogen) atoms. The second-order valence-corrected chi connectivity index (χ2v) is 7.57. The van der Waals surface area contributed by atoms with Crippen LogP contribution in [0, 0.1) is 0 Å². The van der Waals surface area contributed by atoms with Crippen molar-refractivity contribution in [1.82, 2.24) is 10.2 Å². The molecule has 0 atom stereocenters. The summed E-state index contributed by atoms with van der Waals surface area (Å²) in [5.41, 5.74) is 3.55. The molecule has 1 aliphatic heterocycles. The van der Waals surface area contributed by atoms with E-state index < -0.39 is 0 Å². The summed E-state index contributed by atoms with van der Waals surface area (Å²) in [6, 6.07) is 16.8. The summed E-state index contributed by atoms with van der Waals surface area (Å²) in [5, 5.41) is 6.71. The van der Waals surface area contributed by atoms with Gasteiger partial charge in [-0.2, -0.15) is 0 Å². The highest BCUT2D eigenvalue weighted by Crippen LogP contribution is 2.18. The minimum Gasteiger partial charge on any atom is -0.493 e. The zero-order chi connectivity index (χ0) is 21.0. The summed E-state index contributed by atoms with van der Waals surface area (Å²) in [7, 11) is 3.48. The lowest BCUT2D eigenvalue weighted by Gasteiger charge is -2.15. The first-order chi connectivity index (χ1) is 14.8. The number of rotatable bonds is 10. The highest BCUT2D eigenvalue weighted by atomic mass is 127. The first kappa shape index (κ1) is 25.4. The molecule has 1 aliphatic rings. The average molecular weight is 538 g/mol. The smallest absolute Gasteiger partial charge is 0.195 e. The van der Waals surface area contributed by atoms with Crippen molar-refractivity contribution in [3.8, 4) is 5.75 Å². The number of anilines is 1. The van der Waals surface area contributed by atoms with Gasteiger partial charge in [0.15, 0.2) is 5.96 Å². The van der Waals surface area contributed by atoms with Gasteiger partial charge in [0.05, 0.1) is 6.61 Å². The van der Waals surface area contributed by atoms with E-state index in [4.69, 9.17) is 9.47 Å². The molecule has 1 fully saturated rings. The summed E-state index contributed by atoms with van der Waals surface area (Å²) in [6.07, 6.45) is 3.53. The number of hydrogen-bond acceptors (Lipinski definition) is 4. The molecule has 1 heterocycles. The lowest BCUT2D eigenvalue weighted by molar-refractivity contribution is 0.172. The van der Waals surface area contributed by atoms with Crippen LogP contribution in [0.3, 0.4) is 0 Å². The quantitative estimate of drug-likeness (QED) is 0.202. The normalized spacial score (nSPS) is 14.2. The topological polar surface area (TPSA) is 58.1 Å². The first-order valence-electron chi connectivity index (χ1n) is 10.8. The molecule has 0 saturated carbocycles. The molecule has 2 aromatic rings. The molecule has 0 unspecified atom stereocenters. The molecule has 1 saturated heterocycles. The van der Waals surface area contributed by atoms with E-state index in [1.54, 1.807) is 14.2 Å². The van der Waals surface area contributed by atoms with Gasteiger partial charge in [-0.15, -0.1) is 24.0 Å². The molecule has 3 rings (SSSR count). The van der Waals surface area contributed by atoms with E-state index in [-0.39, 0.29) is 24.0 Å². The molecule has 170 valence electrons. The van der Waals surface area contributed by atoms with Crippen LogP contribution in [0.2, 0.25) is 0 Å². The minimum atomic E-state index is 0. The van der Waals surface area contributed by atoms with Gasteiger partial charge in [0.2, 0.25) is 0 Å². The molecular formula is C24H35IN4O2. The molecule has 0 bridgehead atoms. The van der Waals surface area contributed by atoms with Gasteiger partial charge in [0.25, 0.3) is 0 Å². The van der Waals surface area contributed by atoms with Crippen LogP contribution in [0.1, 0.15) is 30.4 Å². The Bertz CT molecular complexity index is 792. The summed E-state index contributed by atoms with van der Waals surface area (Å²) < 4.78 is 10.8. The number of likely N-dealkylation sites (tertiary alicyclic amines) is 1. The molecule has 0 amide bonds. The Morgan fingerprint density at radius 1 is 1.03 bits per heavy atom. The number of hydrogen-bond donors (Lipinski definition) is 2. The summed E-state index contributed by atoms with van der Waals surface area (Å²) in [5.74, 6) is 1.56. The third-order valence-electron chi connectivity index (χ3n) is 5.17. The van der Waals surface area contributed by atoms with E-state index in [0.717, 1.165) is 36.9 Å². The van der Waals surface area contributed by atoms with Gasteiger partial charge in [-0.1, -0.05) is 30.3 Å². The van der Waals surface area contributed by atoms with E-state index in [0.29, 0.717) is 13.2 Å². The van der Waals surface area contributed by atoms with Crippen LogP contribution < -0.4 is 15.4 Å². The summed E-state index contributed by atoms with van der Waals surface area (Å²) >= 11 is 0. The number of benzene rings is 2. The second-order valence-electron chi connectivity index (χ2n) is 7.57. The molecule has 0 spiro atoms. The number of methoxy groups -OCH3 is 1. The van der Waals surface area contributed by atoms with Crippen LogP contribution in [0.25, 0.3) is 0 Å². The molecule has 2 aromatic carbocycles. The van der Waals surface area contributed by atoms with Crippen molar-refractivity contribution < 1.29 is 9.47 Å². The zero-order valence-corrected chi connectivity index (χ0v) is 20.9. The predicted molar refractivity (Wildman–Crippen MR) is 139 cm³/mol. The number of guanidine groups is 1. The van der Waals surface area contributed by atoms with Crippen molar-refractivity contribution in [3.05, 3.63) is 59.7 Å². The van der Waals surface area contributed by atoms with Crippen LogP contribution in [0.5, 0.6) is 5.75 Å². The van der Waals surface area contributed by atoms with Crippen molar-refractivity contribution in [2.24, 2.45) is 4.99 Å². The molecule has 0 aromatic heterocycles. The molecule has 0 radical (unpaired) electrons. The fourth-order valence-corrected chi connectivity index (χ4v) is 3.52. The van der Waals surface area contributed by atoms with E-state index in [2.05, 4.69) is 44.8 Å². The lowest BCUT2D eigenvalue weighted by atomic mass is 10.1. The SMILES string of the molecule is CN=C(NCc1ccc(CN2CCCC2)cc1)Nc1cccc(OCCCOC)c1.I. The Hall–Kier alpha value is -1.84. The Kier molecular flexibility index (Phi) is 11.7. The first-order valence-corrected chi connectivity index (χ1v) is 10.8. The highest BCUT2D eigenvalue weighted by molar-refractivity contribution is 14.0. The standard InChI is InChI=1S/C24H34N4O2.HI/c1-25-24(27-22-7-5-8-23(17-22)30-16-6-15-29-2)26-18-20-9-11-21(12-10-20)19-28-13-3-4-14-28;/h5,7-12,17H,3-4,6,13-16,18-19H2,1-2H3,(H2,25,26,27);1H. The third-order valence-corrected chi connectivity index (χ3v) is 5.17. The fourth-order valence-electron chi connectivity index (χ4n) is 3.52. The van der Waals surface area contributed by atoms with Crippen molar-refractivity contribution >= 4 is 35.6 Å². The molecule has 7 heteroatoms. The van der Waals surface area contributed by atoms with Crippen molar-refractivity contribution in [3.63, 3.8) is 0 Å². The maximum atomic E-state index is 5.77. The number of ether oxygens (including phenoxy) is 2.